The van der Waals surface area contributed by atoms with Crippen LogP contribution in [0.15, 0.2) is 30.3 Å². The molecule has 0 saturated carbocycles. The van der Waals surface area contributed by atoms with Gasteiger partial charge in [-0.2, -0.15) is 0 Å². The smallest absolute Gasteiger partial charge is 0.196 e. The molecule has 0 amide bonds. The molecule has 5 heteroatoms. The summed E-state index contributed by atoms with van der Waals surface area (Å²) >= 11 is 0. The molecule has 0 saturated heterocycles. The topological polar surface area (TPSA) is 86.2 Å². The molecule has 2 aromatic carbocycles. The van der Waals surface area contributed by atoms with Gasteiger partial charge in [-0.05, 0) is 11.3 Å². The maximum Gasteiger partial charge on any atom is 0.196 e. The largest absolute Gasteiger partial charge is 0.398 e. The van der Waals surface area contributed by atoms with Gasteiger partial charge in [0.05, 0.1) is 19.2 Å². The van der Waals surface area contributed by atoms with Gasteiger partial charge in [0.2, 0.25) is 0 Å². The standard InChI is InChI=1S/C17H18N2O2Si/c1-22(2,3)12-8-11(18)13-14(15(12)19)17(21)10-7-5-4-6-9(10)16(13)20/h4-8H,18-19H2,1-3H3. The number of hydrogen-bond donors (Lipinski definition) is 2. The van der Waals surface area contributed by atoms with E-state index in [0.717, 1.165) is 5.19 Å². The molecular weight excluding hydrogens is 292 g/mol. The molecule has 4 nitrogen and oxygen atoms in total. The number of hydrogen-bond acceptors (Lipinski definition) is 4. The van der Waals surface area contributed by atoms with Crippen molar-refractivity contribution in [1.82, 2.24) is 0 Å². The molecule has 2 aromatic rings. The van der Waals surface area contributed by atoms with E-state index in [1.807, 2.05) is 0 Å². The van der Waals surface area contributed by atoms with Crippen LogP contribution in [0.1, 0.15) is 31.8 Å². The molecule has 0 aromatic heterocycles. The Labute approximate surface area is 130 Å². The molecule has 0 heterocycles. The van der Waals surface area contributed by atoms with Crippen LogP contribution in [0.5, 0.6) is 0 Å². The van der Waals surface area contributed by atoms with E-state index >= 15 is 0 Å². The molecule has 0 fully saturated rings. The molecule has 0 spiro atoms. The molecule has 1 aliphatic carbocycles. The number of carbonyl (C=O) groups is 2. The van der Waals surface area contributed by atoms with Gasteiger partial charge < -0.3 is 11.5 Å². The van der Waals surface area contributed by atoms with Crippen molar-refractivity contribution >= 4 is 36.2 Å². The van der Waals surface area contributed by atoms with Gasteiger partial charge in [-0.15, -0.1) is 0 Å². The van der Waals surface area contributed by atoms with Gasteiger partial charge in [0.15, 0.2) is 11.6 Å². The van der Waals surface area contributed by atoms with Crippen LogP contribution >= 0.6 is 0 Å². The van der Waals surface area contributed by atoms with E-state index < -0.39 is 8.07 Å². The molecule has 112 valence electrons. The zero-order valence-electron chi connectivity index (χ0n) is 12.9. The number of benzene rings is 2. The summed E-state index contributed by atoms with van der Waals surface area (Å²) in [6.07, 6.45) is 0. The fourth-order valence-corrected chi connectivity index (χ4v) is 4.49. The molecule has 4 N–H and O–H groups in total. The highest BCUT2D eigenvalue weighted by atomic mass is 28.3. The van der Waals surface area contributed by atoms with Crippen molar-refractivity contribution in [3.63, 3.8) is 0 Å². The second kappa shape index (κ2) is 4.54. The Morgan fingerprint density at radius 1 is 0.864 bits per heavy atom. The van der Waals surface area contributed by atoms with E-state index in [1.165, 1.54) is 0 Å². The number of nitrogens with two attached hydrogens (primary N) is 2. The van der Waals surface area contributed by atoms with E-state index in [9.17, 15) is 9.59 Å². The summed E-state index contributed by atoms with van der Waals surface area (Å²) in [6.45, 7) is 6.40. The first kappa shape index (κ1) is 14.5. The Balaban J connectivity index is 2.39. The normalized spacial score (nSPS) is 13.8. The zero-order chi connectivity index (χ0) is 16.2. The third-order valence-electron chi connectivity index (χ3n) is 4.08. The molecular formula is C17H18N2O2Si. The molecule has 0 radical (unpaired) electrons. The number of fused-ring (bicyclic) bond motifs is 2. The second-order valence-electron chi connectivity index (χ2n) is 6.63. The van der Waals surface area contributed by atoms with Crippen LogP contribution in [-0.2, 0) is 0 Å². The number of ketones is 2. The first-order valence-corrected chi connectivity index (χ1v) is 10.6. The van der Waals surface area contributed by atoms with Crippen LogP contribution in [-0.4, -0.2) is 19.6 Å². The fourth-order valence-electron chi connectivity index (χ4n) is 2.97. The predicted molar refractivity (Wildman–Crippen MR) is 91.6 cm³/mol. The van der Waals surface area contributed by atoms with Crippen LogP contribution in [0.2, 0.25) is 19.6 Å². The van der Waals surface area contributed by atoms with Crippen molar-refractivity contribution < 1.29 is 9.59 Å². The first-order chi connectivity index (χ1) is 10.2. The van der Waals surface area contributed by atoms with Gasteiger partial charge in [0.25, 0.3) is 0 Å². The first-order valence-electron chi connectivity index (χ1n) is 7.14. The third-order valence-corrected chi connectivity index (χ3v) is 6.11. The van der Waals surface area contributed by atoms with Gasteiger partial charge in [-0.25, -0.2) is 0 Å². The molecule has 0 aliphatic heterocycles. The Hall–Kier alpha value is -2.40. The van der Waals surface area contributed by atoms with Crippen molar-refractivity contribution in [3.05, 3.63) is 52.6 Å². The summed E-state index contributed by atoms with van der Waals surface area (Å²) in [7, 11) is -1.78. The molecule has 1 aliphatic rings. The van der Waals surface area contributed by atoms with Crippen LogP contribution < -0.4 is 16.7 Å². The Bertz CT molecular complexity index is 835. The van der Waals surface area contributed by atoms with E-state index in [1.54, 1.807) is 30.3 Å². The Morgan fingerprint density at radius 3 is 1.86 bits per heavy atom. The van der Waals surface area contributed by atoms with E-state index in [0.29, 0.717) is 22.5 Å². The number of carbonyl (C=O) groups excluding carboxylic acids is 2. The van der Waals surface area contributed by atoms with Gasteiger partial charge in [-0.1, -0.05) is 43.9 Å². The summed E-state index contributed by atoms with van der Waals surface area (Å²) in [5.41, 5.74) is 14.5. The van der Waals surface area contributed by atoms with Crippen LogP contribution in [0.4, 0.5) is 11.4 Å². The highest BCUT2D eigenvalue weighted by Gasteiger charge is 2.35. The van der Waals surface area contributed by atoms with Crippen LogP contribution in [0.25, 0.3) is 0 Å². The maximum absolute atomic E-state index is 12.8. The molecule has 0 bridgehead atoms. The lowest BCUT2D eigenvalue weighted by molar-refractivity contribution is 0.0980. The summed E-state index contributed by atoms with van der Waals surface area (Å²) in [5.74, 6) is -0.439. The lowest BCUT2D eigenvalue weighted by atomic mass is 9.82. The van der Waals surface area contributed by atoms with Gasteiger partial charge in [0, 0.05) is 22.5 Å². The van der Waals surface area contributed by atoms with E-state index in [-0.39, 0.29) is 22.7 Å². The minimum Gasteiger partial charge on any atom is -0.398 e. The van der Waals surface area contributed by atoms with Crippen LogP contribution in [0, 0.1) is 0 Å². The maximum atomic E-state index is 12.8. The average Bonchev–Trinajstić information content (AvgIpc) is 2.45. The Morgan fingerprint density at radius 2 is 1.36 bits per heavy atom. The third kappa shape index (κ3) is 1.89. The summed E-state index contributed by atoms with van der Waals surface area (Å²) in [4.78, 5) is 25.5. The molecule has 0 unspecified atom stereocenters. The van der Waals surface area contributed by atoms with Crippen molar-refractivity contribution in [2.24, 2.45) is 0 Å². The Kier molecular flexibility index (Phi) is 3.00. The number of anilines is 2. The van der Waals surface area contributed by atoms with Crippen molar-refractivity contribution in [2.45, 2.75) is 19.6 Å². The van der Waals surface area contributed by atoms with E-state index in [2.05, 4.69) is 19.6 Å². The lowest BCUT2D eigenvalue weighted by Gasteiger charge is -2.26. The van der Waals surface area contributed by atoms with E-state index in [4.69, 9.17) is 11.5 Å². The summed E-state index contributed by atoms with van der Waals surface area (Å²) < 4.78 is 0. The molecule has 3 rings (SSSR count). The molecule has 22 heavy (non-hydrogen) atoms. The van der Waals surface area contributed by atoms with Crippen molar-refractivity contribution in [3.8, 4) is 0 Å². The van der Waals surface area contributed by atoms with Gasteiger partial charge in [0.1, 0.15) is 0 Å². The summed E-state index contributed by atoms with van der Waals surface area (Å²) in [5, 5.41) is 0.921. The lowest BCUT2D eigenvalue weighted by Crippen LogP contribution is -2.42. The van der Waals surface area contributed by atoms with Crippen molar-refractivity contribution in [2.75, 3.05) is 11.5 Å². The minimum atomic E-state index is -1.78. The zero-order valence-corrected chi connectivity index (χ0v) is 13.9. The second-order valence-corrected chi connectivity index (χ2v) is 11.7. The monoisotopic (exact) mass is 310 g/mol. The van der Waals surface area contributed by atoms with Crippen molar-refractivity contribution in [1.29, 1.82) is 0 Å². The van der Waals surface area contributed by atoms with Crippen LogP contribution in [0.3, 0.4) is 0 Å². The van der Waals surface area contributed by atoms with Gasteiger partial charge >= 0.3 is 0 Å². The predicted octanol–water partition coefficient (Wildman–Crippen LogP) is 2.17. The summed E-state index contributed by atoms with van der Waals surface area (Å²) in [6, 6.07) is 8.58. The van der Waals surface area contributed by atoms with Gasteiger partial charge in [-0.3, -0.25) is 9.59 Å². The fraction of sp³-hybridized carbons (Fsp3) is 0.176. The quantitative estimate of drug-likeness (QED) is 0.533. The highest BCUT2D eigenvalue weighted by molar-refractivity contribution is 6.90. The highest BCUT2D eigenvalue weighted by Crippen LogP contribution is 2.34. The average molecular weight is 310 g/mol. The SMILES string of the molecule is C[Si](C)(C)c1cc(N)c2c(c1N)C(=O)c1ccccc1C2=O. The number of rotatable bonds is 1. The molecule has 0 atom stereocenters. The number of nitrogen functional groups attached to an aromatic ring is 2. The minimum absolute atomic E-state index is 0.213.